The van der Waals surface area contributed by atoms with Crippen LogP contribution in [-0.4, -0.2) is 24.2 Å². The molecule has 0 spiro atoms. The van der Waals surface area contributed by atoms with Gasteiger partial charge in [-0.2, -0.15) is 5.26 Å². The molecule has 1 rings (SSSR count). The summed E-state index contributed by atoms with van der Waals surface area (Å²) >= 11 is 3.20. The predicted molar refractivity (Wildman–Crippen MR) is 83.8 cm³/mol. The number of ether oxygens (including phenoxy) is 1. The van der Waals surface area contributed by atoms with Crippen molar-refractivity contribution in [2.45, 2.75) is 26.3 Å². The fourth-order valence-electron chi connectivity index (χ4n) is 1.55. The maximum atomic E-state index is 12.0. The molecule has 0 radical (unpaired) electrons. The van der Waals surface area contributed by atoms with Crippen molar-refractivity contribution in [1.82, 2.24) is 5.32 Å². The van der Waals surface area contributed by atoms with Gasteiger partial charge in [-0.25, -0.2) is 0 Å². The highest BCUT2D eigenvalue weighted by atomic mass is 79.9. The van der Waals surface area contributed by atoms with Crippen LogP contribution in [0.2, 0.25) is 0 Å². The number of benzene rings is 1. The molecule has 0 unspecified atom stereocenters. The zero-order valence-electron chi connectivity index (χ0n) is 12.1. The highest BCUT2D eigenvalue weighted by Gasteiger charge is 2.13. The molecule has 0 fully saturated rings. The highest BCUT2D eigenvalue weighted by Crippen LogP contribution is 2.35. The van der Waals surface area contributed by atoms with Crippen LogP contribution in [0.1, 0.15) is 25.8 Å². The number of halogens is 1. The Hall–Kier alpha value is -2.00. The van der Waals surface area contributed by atoms with Gasteiger partial charge in [-0.15, -0.1) is 0 Å². The van der Waals surface area contributed by atoms with Crippen molar-refractivity contribution < 1.29 is 14.6 Å². The van der Waals surface area contributed by atoms with Gasteiger partial charge in [0.15, 0.2) is 11.5 Å². The summed E-state index contributed by atoms with van der Waals surface area (Å²) < 4.78 is 5.46. The van der Waals surface area contributed by atoms with E-state index in [0.717, 1.165) is 6.42 Å². The number of nitriles is 1. The van der Waals surface area contributed by atoms with Crippen molar-refractivity contribution in [3.63, 3.8) is 0 Å². The van der Waals surface area contributed by atoms with Crippen LogP contribution in [0.15, 0.2) is 22.2 Å². The number of carbonyl (C=O) groups excluding carboxylic acids is 1. The second kappa shape index (κ2) is 7.70. The Morgan fingerprint density at radius 1 is 1.62 bits per heavy atom. The molecule has 1 atom stereocenters. The van der Waals surface area contributed by atoms with Crippen LogP contribution >= 0.6 is 15.9 Å². The Labute approximate surface area is 132 Å². The van der Waals surface area contributed by atoms with Crippen molar-refractivity contribution >= 4 is 27.9 Å². The van der Waals surface area contributed by atoms with Gasteiger partial charge in [0.2, 0.25) is 0 Å². The summed E-state index contributed by atoms with van der Waals surface area (Å²) in [6.07, 6.45) is 2.23. The lowest BCUT2D eigenvalue weighted by atomic mass is 10.1. The Morgan fingerprint density at radius 3 is 2.81 bits per heavy atom. The molecule has 1 aromatic carbocycles. The van der Waals surface area contributed by atoms with E-state index in [9.17, 15) is 9.90 Å². The van der Waals surface area contributed by atoms with Gasteiger partial charge in [0.1, 0.15) is 11.6 Å². The van der Waals surface area contributed by atoms with Gasteiger partial charge in [-0.05, 0) is 53.0 Å². The minimum absolute atomic E-state index is 0.00431. The maximum Gasteiger partial charge on any atom is 0.262 e. The standard InChI is InChI=1S/C15H17BrN2O3/c1-4-9(2)18-15(20)11(8-17)5-10-6-12(16)14(19)13(7-10)21-3/h5-7,9,19H,4H2,1-3H3,(H,18,20)/b11-5+/t9-/m1/s1. The fourth-order valence-corrected chi connectivity index (χ4v) is 2.01. The number of nitrogens with one attached hydrogen (secondary N) is 1. The summed E-state index contributed by atoms with van der Waals surface area (Å²) in [5.74, 6) is -0.192. The van der Waals surface area contributed by atoms with E-state index in [4.69, 9.17) is 10.00 Å². The Bertz CT molecular complexity index is 606. The minimum atomic E-state index is -0.421. The van der Waals surface area contributed by atoms with Crippen molar-refractivity contribution in [3.8, 4) is 17.6 Å². The van der Waals surface area contributed by atoms with Crippen LogP contribution in [0.25, 0.3) is 6.08 Å². The third-order valence-corrected chi connectivity index (χ3v) is 3.54. The van der Waals surface area contributed by atoms with Crippen molar-refractivity contribution in [2.75, 3.05) is 7.11 Å². The first kappa shape index (κ1) is 17.1. The highest BCUT2D eigenvalue weighted by molar-refractivity contribution is 9.10. The summed E-state index contributed by atoms with van der Waals surface area (Å²) in [6.45, 7) is 3.82. The smallest absolute Gasteiger partial charge is 0.262 e. The van der Waals surface area contributed by atoms with Gasteiger partial charge in [-0.1, -0.05) is 6.92 Å². The van der Waals surface area contributed by atoms with Gasteiger partial charge >= 0.3 is 0 Å². The quantitative estimate of drug-likeness (QED) is 0.630. The number of hydrogen-bond acceptors (Lipinski definition) is 4. The molecule has 1 aromatic rings. The average Bonchev–Trinajstić information content (AvgIpc) is 2.47. The number of rotatable bonds is 5. The fraction of sp³-hybridized carbons (Fsp3) is 0.333. The molecule has 0 saturated carbocycles. The Balaban J connectivity index is 3.12. The molecule has 6 heteroatoms. The SMILES string of the molecule is CC[C@@H](C)NC(=O)/C(C#N)=C/c1cc(Br)c(O)c(OC)c1. The monoisotopic (exact) mass is 352 g/mol. The first-order chi connectivity index (χ1) is 9.92. The molecule has 0 aliphatic heterocycles. The Morgan fingerprint density at radius 2 is 2.29 bits per heavy atom. The van der Waals surface area contributed by atoms with E-state index in [1.54, 1.807) is 12.1 Å². The first-order valence-electron chi connectivity index (χ1n) is 6.42. The minimum Gasteiger partial charge on any atom is -0.503 e. The van der Waals surface area contributed by atoms with Gasteiger partial charge in [-0.3, -0.25) is 4.79 Å². The molecule has 2 N–H and O–H groups in total. The van der Waals surface area contributed by atoms with Gasteiger partial charge in [0.25, 0.3) is 5.91 Å². The molecule has 0 aliphatic carbocycles. The topological polar surface area (TPSA) is 82.4 Å². The lowest BCUT2D eigenvalue weighted by molar-refractivity contribution is -0.117. The van der Waals surface area contributed by atoms with Crippen molar-refractivity contribution in [2.24, 2.45) is 0 Å². The molecule has 0 aliphatic rings. The van der Waals surface area contributed by atoms with Crippen LogP contribution in [0.5, 0.6) is 11.5 Å². The summed E-state index contributed by atoms with van der Waals surface area (Å²) in [7, 11) is 1.43. The van der Waals surface area contributed by atoms with Crippen molar-refractivity contribution in [1.29, 1.82) is 5.26 Å². The molecule has 0 bridgehead atoms. The zero-order valence-corrected chi connectivity index (χ0v) is 13.7. The molecule has 0 heterocycles. The van der Waals surface area contributed by atoms with Gasteiger partial charge in [0.05, 0.1) is 11.6 Å². The molecule has 0 saturated heterocycles. The second-order valence-corrected chi connectivity index (χ2v) is 5.36. The van der Waals surface area contributed by atoms with Crippen LogP contribution in [0.4, 0.5) is 0 Å². The van der Waals surface area contributed by atoms with E-state index in [1.807, 2.05) is 19.9 Å². The third-order valence-electron chi connectivity index (χ3n) is 2.94. The number of aromatic hydroxyl groups is 1. The lowest BCUT2D eigenvalue weighted by Gasteiger charge is -2.11. The summed E-state index contributed by atoms with van der Waals surface area (Å²) in [6, 6.07) is 5.03. The molecule has 112 valence electrons. The van der Waals surface area contributed by atoms with Crippen LogP contribution in [0.3, 0.4) is 0 Å². The lowest BCUT2D eigenvalue weighted by Crippen LogP contribution is -2.32. The third kappa shape index (κ3) is 4.50. The van der Waals surface area contributed by atoms with Crippen molar-refractivity contribution in [3.05, 3.63) is 27.7 Å². The largest absolute Gasteiger partial charge is 0.503 e. The number of phenols is 1. The predicted octanol–water partition coefficient (Wildman–Crippen LogP) is 2.98. The maximum absolute atomic E-state index is 12.0. The normalized spacial score (nSPS) is 12.4. The van der Waals surface area contributed by atoms with Gasteiger partial charge in [0, 0.05) is 6.04 Å². The molecule has 0 aromatic heterocycles. The van der Waals surface area contributed by atoms with Crippen LogP contribution < -0.4 is 10.1 Å². The van der Waals surface area contributed by atoms with E-state index in [1.165, 1.54) is 13.2 Å². The molecule has 5 nitrogen and oxygen atoms in total. The Kier molecular flexibility index (Phi) is 6.25. The zero-order chi connectivity index (χ0) is 16.0. The molecular formula is C15H17BrN2O3. The van der Waals surface area contributed by atoms with E-state index < -0.39 is 5.91 Å². The summed E-state index contributed by atoms with van der Waals surface area (Å²) in [5.41, 5.74) is 0.572. The van der Waals surface area contributed by atoms with Gasteiger partial charge < -0.3 is 15.2 Å². The molecule has 1 amide bonds. The number of methoxy groups -OCH3 is 1. The van der Waals surface area contributed by atoms with E-state index in [-0.39, 0.29) is 23.1 Å². The number of hydrogen-bond donors (Lipinski definition) is 2. The first-order valence-corrected chi connectivity index (χ1v) is 7.21. The van der Waals surface area contributed by atoms with E-state index in [2.05, 4.69) is 21.2 Å². The molecule has 21 heavy (non-hydrogen) atoms. The van der Waals surface area contributed by atoms with E-state index in [0.29, 0.717) is 10.0 Å². The van der Waals surface area contributed by atoms with Crippen LogP contribution in [0, 0.1) is 11.3 Å². The summed E-state index contributed by atoms with van der Waals surface area (Å²) in [4.78, 5) is 12.0. The summed E-state index contributed by atoms with van der Waals surface area (Å²) in [5, 5.41) is 21.6. The molecular weight excluding hydrogens is 336 g/mol. The average molecular weight is 353 g/mol. The number of amides is 1. The van der Waals surface area contributed by atoms with E-state index >= 15 is 0 Å². The number of phenolic OH excluding ortho intramolecular Hbond substituents is 1. The number of carbonyl (C=O) groups is 1. The number of nitrogens with zero attached hydrogens (tertiary/aromatic N) is 1. The second-order valence-electron chi connectivity index (χ2n) is 4.51. The van der Waals surface area contributed by atoms with Crippen LogP contribution in [-0.2, 0) is 4.79 Å².